The van der Waals surface area contributed by atoms with E-state index in [1.165, 1.54) is 0 Å². The number of aromatic nitrogens is 2. The first-order valence-corrected chi connectivity index (χ1v) is 7.10. The molecule has 22 heavy (non-hydrogen) atoms. The first kappa shape index (κ1) is 14.1. The minimum Gasteiger partial charge on any atom is -0.508 e. The van der Waals surface area contributed by atoms with Crippen LogP contribution in [0.3, 0.4) is 0 Å². The van der Waals surface area contributed by atoms with Crippen molar-refractivity contribution in [3.8, 4) is 5.75 Å². The zero-order chi connectivity index (χ0) is 15.5. The molecule has 1 aromatic carbocycles. The number of benzene rings is 1. The van der Waals surface area contributed by atoms with Crippen LogP contribution in [-0.2, 0) is 13.5 Å². The van der Waals surface area contributed by atoms with Crippen molar-refractivity contribution in [2.24, 2.45) is 7.05 Å². The fourth-order valence-corrected chi connectivity index (χ4v) is 2.57. The molecule has 3 aromatic rings. The fourth-order valence-electron chi connectivity index (χ4n) is 2.57. The van der Waals surface area contributed by atoms with E-state index in [1.54, 1.807) is 36.7 Å². The molecular weight excluding hydrogens is 278 g/mol. The third-order valence-electron chi connectivity index (χ3n) is 3.66. The molecule has 0 aliphatic rings. The Morgan fingerprint density at radius 1 is 1.36 bits per heavy atom. The molecule has 0 bridgehead atoms. The van der Waals surface area contributed by atoms with Gasteiger partial charge in [0, 0.05) is 43.1 Å². The second-order valence-electron chi connectivity index (χ2n) is 5.21. The number of pyridine rings is 1. The van der Waals surface area contributed by atoms with Crippen molar-refractivity contribution in [2.45, 2.75) is 6.42 Å². The number of fused-ring (bicyclic) bond motifs is 1. The lowest BCUT2D eigenvalue weighted by atomic mass is 10.1. The molecule has 5 nitrogen and oxygen atoms in total. The number of carbonyl (C=O) groups excluding carboxylic acids is 1. The molecule has 0 aliphatic heterocycles. The van der Waals surface area contributed by atoms with Crippen LogP contribution >= 0.6 is 0 Å². The van der Waals surface area contributed by atoms with Crippen LogP contribution in [0, 0.1) is 0 Å². The summed E-state index contributed by atoms with van der Waals surface area (Å²) in [6, 6.07) is 8.80. The summed E-state index contributed by atoms with van der Waals surface area (Å²) in [4.78, 5) is 15.9. The van der Waals surface area contributed by atoms with Gasteiger partial charge in [-0.05, 0) is 42.3 Å². The van der Waals surface area contributed by atoms with Gasteiger partial charge in [-0.2, -0.15) is 0 Å². The van der Waals surface area contributed by atoms with Crippen LogP contribution in [0.15, 0.2) is 48.9 Å². The number of nitrogens with zero attached hydrogens (tertiary/aromatic N) is 2. The molecular formula is C17H17N3O2. The standard InChI is InChI=1S/C17H17N3O2/c1-20-11-13(15-9-14(21)4-5-16(15)20)6-8-19-17(22)12-3-2-7-18-10-12/h2-5,7,9-11,21H,6,8H2,1H3,(H,19,22). The lowest BCUT2D eigenvalue weighted by Crippen LogP contribution is -2.25. The van der Waals surface area contributed by atoms with Gasteiger partial charge in [-0.1, -0.05) is 0 Å². The summed E-state index contributed by atoms with van der Waals surface area (Å²) in [7, 11) is 1.97. The van der Waals surface area contributed by atoms with Gasteiger partial charge >= 0.3 is 0 Å². The molecule has 0 saturated heterocycles. The van der Waals surface area contributed by atoms with Gasteiger partial charge in [-0.25, -0.2) is 0 Å². The van der Waals surface area contributed by atoms with Crippen LogP contribution in [0.1, 0.15) is 15.9 Å². The molecule has 5 heteroatoms. The van der Waals surface area contributed by atoms with Gasteiger partial charge in [0.25, 0.3) is 5.91 Å². The van der Waals surface area contributed by atoms with Gasteiger partial charge in [0.2, 0.25) is 0 Å². The van der Waals surface area contributed by atoms with E-state index in [4.69, 9.17) is 0 Å². The average Bonchev–Trinajstić information content (AvgIpc) is 2.84. The fraction of sp³-hybridized carbons (Fsp3) is 0.176. The summed E-state index contributed by atoms with van der Waals surface area (Å²) in [5.41, 5.74) is 2.71. The van der Waals surface area contributed by atoms with E-state index in [1.807, 2.05) is 23.9 Å². The smallest absolute Gasteiger partial charge is 0.252 e. The normalized spacial score (nSPS) is 10.8. The third-order valence-corrected chi connectivity index (χ3v) is 3.66. The first-order valence-electron chi connectivity index (χ1n) is 7.10. The number of hydrogen-bond acceptors (Lipinski definition) is 3. The maximum Gasteiger partial charge on any atom is 0.252 e. The van der Waals surface area contributed by atoms with Crippen LogP contribution in [0.2, 0.25) is 0 Å². The van der Waals surface area contributed by atoms with Gasteiger partial charge in [0.05, 0.1) is 5.56 Å². The Morgan fingerprint density at radius 3 is 3.00 bits per heavy atom. The van der Waals surface area contributed by atoms with Gasteiger partial charge in [0.1, 0.15) is 5.75 Å². The molecule has 2 heterocycles. The highest BCUT2D eigenvalue weighted by Crippen LogP contribution is 2.24. The quantitative estimate of drug-likeness (QED) is 0.776. The van der Waals surface area contributed by atoms with Crippen molar-refractivity contribution in [1.29, 1.82) is 0 Å². The molecule has 2 N–H and O–H groups in total. The Balaban J connectivity index is 1.70. The van der Waals surface area contributed by atoms with Crippen LogP contribution in [0.25, 0.3) is 10.9 Å². The Hall–Kier alpha value is -2.82. The zero-order valence-corrected chi connectivity index (χ0v) is 12.3. The summed E-state index contributed by atoms with van der Waals surface area (Å²) in [5, 5.41) is 13.5. The molecule has 1 amide bonds. The zero-order valence-electron chi connectivity index (χ0n) is 12.3. The lowest BCUT2D eigenvalue weighted by molar-refractivity contribution is 0.0954. The van der Waals surface area contributed by atoms with E-state index in [0.717, 1.165) is 16.5 Å². The maximum absolute atomic E-state index is 12.0. The highest BCUT2D eigenvalue weighted by atomic mass is 16.3. The average molecular weight is 295 g/mol. The predicted molar refractivity (Wildman–Crippen MR) is 84.9 cm³/mol. The summed E-state index contributed by atoms with van der Waals surface area (Å²) < 4.78 is 2.02. The van der Waals surface area contributed by atoms with Gasteiger partial charge in [-0.15, -0.1) is 0 Å². The number of carbonyl (C=O) groups is 1. The number of aromatic hydroxyl groups is 1. The van der Waals surface area contributed by atoms with E-state index in [0.29, 0.717) is 18.5 Å². The Labute approximate surface area is 128 Å². The second kappa shape index (κ2) is 5.89. The largest absolute Gasteiger partial charge is 0.508 e. The SMILES string of the molecule is Cn1cc(CCNC(=O)c2cccnc2)c2cc(O)ccc21. The van der Waals surface area contributed by atoms with Crippen molar-refractivity contribution in [3.63, 3.8) is 0 Å². The number of phenols is 1. The Morgan fingerprint density at radius 2 is 2.23 bits per heavy atom. The topological polar surface area (TPSA) is 67.2 Å². The number of hydrogen-bond donors (Lipinski definition) is 2. The van der Waals surface area contributed by atoms with Gasteiger partial charge in [-0.3, -0.25) is 9.78 Å². The van der Waals surface area contributed by atoms with Crippen LogP contribution in [0.5, 0.6) is 5.75 Å². The Kier molecular flexibility index (Phi) is 3.78. The lowest BCUT2D eigenvalue weighted by Gasteiger charge is -2.04. The Bertz CT molecular complexity index is 809. The van der Waals surface area contributed by atoms with Gasteiger partial charge in [0.15, 0.2) is 0 Å². The molecule has 0 fully saturated rings. The second-order valence-corrected chi connectivity index (χ2v) is 5.21. The van der Waals surface area contributed by atoms with Gasteiger partial charge < -0.3 is 15.0 Å². The highest BCUT2D eigenvalue weighted by molar-refractivity contribution is 5.93. The molecule has 0 radical (unpaired) electrons. The van der Waals surface area contributed by atoms with Crippen LogP contribution in [-0.4, -0.2) is 27.1 Å². The number of aryl methyl sites for hydroxylation is 1. The summed E-state index contributed by atoms with van der Waals surface area (Å²) in [6.45, 7) is 0.530. The molecule has 0 atom stereocenters. The molecule has 2 aromatic heterocycles. The number of rotatable bonds is 4. The van der Waals surface area contributed by atoms with Crippen LogP contribution in [0.4, 0.5) is 0 Å². The number of nitrogens with one attached hydrogen (secondary N) is 1. The van der Waals surface area contributed by atoms with E-state index in [-0.39, 0.29) is 11.7 Å². The molecule has 112 valence electrons. The maximum atomic E-state index is 12.0. The van der Waals surface area contributed by atoms with E-state index in [9.17, 15) is 9.90 Å². The van der Waals surface area contributed by atoms with E-state index in [2.05, 4.69) is 10.3 Å². The molecule has 0 aliphatic carbocycles. The van der Waals surface area contributed by atoms with Crippen molar-refractivity contribution < 1.29 is 9.90 Å². The molecule has 0 unspecified atom stereocenters. The minimum atomic E-state index is -0.129. The van der Waals surface area contributed by atoms with Crippen molar-refractivity contribution in [3.05, 3.63) is 60.0 Å². The van der Waals surface area contributed by atoms with Crippen LogP contribution < -0.4 is 5.32 Å². The molecule has 0 saturated carbocycles. The van der Waals surface area contributed by atoms with E-state index >= 15 is 0 Å². The number of phenolic OH excluding ortho intramolecular Hbond substituents is 1. The van der Waals surface area contributed by atoms with Crippen molar-refractivity contribution >= 4 is 16.8 Å². The summed E-state index contributed by atoms with van der Waals surface area (Å²) >= 11 is 0. The predicted octanol–water partition coefficient (Wildman–Crippen LogP) is 2.25. The molecule has 3 rings (SSSR count). The van der Waals surface area contributed by atoms with Crippen molar-refractivity contribution in [1.82, 2.24) is 14.9 Å². The van der Waals surface area contributed by atoms with Crippen molar-refractivity contribution in [2.75, 3.05) is 6.54 Å². The minimum absolute atomic E-state index is 0.129. The summed E-state index contributed by atoms with van der Waals surface area (Å²) in [6.07, 6.45) is 5.91. The highest BCUT2D eigenvalue weighted by Gasteiger charge is 2.09. The number of amides is 1. The first-order chi connectivity index (χ1) is 10.6. The molecule has 0 spiro atoms. The summed E-state index contributed by atoms with van der Waals surface area (Å²) in [5.74, 6) is 0.121. The third kappa shape index (κ3) is 2.79. The van der Waals surface area contributed by atoms with E-state index < -0.39 is 0 Å². The monoisotopic (exact) mass is 295 g/mol.